The summed E-state index contributed by atoms with van der Waals surface area (Å²) in [4.78, 5) is 18.3. The summed E-state index contributed by atoms with van der Waals surface area (Å²) in [5, 5.41) is 0. The standard InChI is InChI=1S/C16H25NO3S/c1-15(2,3)20-17-14(18)11-16(4,5)21-13-9-7-12(19-6)8-10-13/h7-10H,11H2,1-6H3,(H,17,18). The molecule has 1 aromatic carbocycles. The number of carbonyl (C=O) groups excluding carboxylic acids is 1. The molecule has 0 aliphatic rings. The van der Waals surface area contributed by atoms with Gasteiger partial charge in [-0.1, -0.05) is 0 Å². The number of amides is 1. The maximum atomic E-state index is 11.9. The number of hydrogen-bond acceptors (Lipinski definition) is 4. The number of carbonyl (C=O) groups is 1. The minimum atomic E-state index is -0.386. The Morgan fingerprint density at radius 1 is 1.14 bits per heavy atom. The first-order valence-electron chi connectivity index (χ1n) is 6.91. The molecule has 1 N–H and O–H groups in total. The fourth-order valence-corrected chi connectivity index (χ4v) is 2.75. The number of hydroxylamine groups is 1. The van der Waals surface area contributed by atoms with Crippen molar-refractivity contribution in [3.8, 4) is 5.75 Å². The molecule has 1 amide bonds. The largest absolute Gasteiger partial charge is 0.497 e. The van der Waals surface area contributed by atoms with Gasteiger partial charge in [0.2, 0.25) is 5.91 Å². The zero-order valence-corrected chi connectivity index (χ0v) is 14.5. The first kappa shape index (κ1) is 17.9. The first-order chi connectivity index (χ1) is 9.61. The Labute approximate surface area is 131 Å². The number of ether oxygens (including phenoxy) is 1. The Balaban J connectivity index is 2.53. The maximum absolute atomic E-state index is 11.9. The van der Waals surface area contributed by atoms with Gasteiger partial charge in [-0.25, -0.2) is 5.48 Å². The van der Waals surface area contributed by atoms with Crippen LogP contribution in [0, 0.1) is 0 Å². The lowest BCUT2D eigenvalue weighted by atomic mass is 10.1. The monoisotopic (exact) mass is 311 g/mol. The number of benzene rings is 1. The van der Waals surface area contributed by atoms with Crippen LogP contribution in [0.2, 0.25) is 0 Å². The predicted octanol–water partition coefficient (Wildman–Crippen LogP) is 3.80. The van der Waals surface area contributed by atoms with Gasteiger partial charge in [-0.3, -0.25) is 9.63 Å². The maximum Gasteiger partial charge on any atom is 0.244 e. The van der Waals surface area contributed by atoms with Gasteiger partial charge in [-0.15, -0.1) is 11.8 Å². The topological polar surface area (TPSA) is 47.6 Å². The minimum Gasteiger partial charge on any atom is -0.497 e. The summed E-state index contributed by atoms with van der Waals surface area (Å²) in [5.41, 5.74) is 2.12. The molecule has 0 saturated carbocycles. The molecule has 0 aliphatic heterocycles. The minimum absolute atomic E-state index is 0.115. The van der Waals surface area contributed by atoms with Gasteiger partial charge in [-0.2, -0.15) is 0 Å². The third-order valence-corrected chi connectivity index (χ3v) is 3.72. The van der Waals surface area contributed by atoms with Gasteiger partial charge in [0.1, 0.15) is 5.75 Å². The predicted molar refractivity (Wildman–Crippen MR) is 86.5 cm³/mol. The van der Waals surface area contributed by atoms with Crippen molar-refractivity contribution in [2.24, 2.45) is 0 Å². The highest BCUT2D eigenvalue weighted by molar-refractivity contribution is 8.00. The average Bonchev–Trinajstić information content (AvgIpc) is 2.35. The molecular weight excluding hydrogens is 286 g/mol. The molecule has 0 atom stereocenters. The van der Waals surface area contributed by atoms with E-state index in [1.807, 2.05) is 58.9 Å². The Morgan fingerprint density at radius 3 is 2.19 bits per heavy atom. The highest BCUT2D eigenvalue weighted by Crippen LogP contribution is 2.35. The second kappa shape index (κ2) is 7.18. The van der Waals surface area contributed by atoms with Crippen LogP contribution >= 0.6 is 11.8 Å². The van der Waals surface area contributed by atoms with Gasteiger partial charge in [0.05, 0.1) is 12.7 Å². The second-order valence-electron chi connectivity index (χ2n) is 6.45. The SMILES string of the molecule is COc1ccc(SC(C)(C)CC(=O)NOC(C)(C)C)cc1. The van der Waals surface area contributed by atoms with Crippen molar-refractivity contribution in [1.82, 2.24) is 5.48 Å². The summed E-state index contributed by atoms with van der Waals surface area (Å²) >= 11 is 1.65. The molecule has 0 heterocycles. The van der Waals surface area contributed by atoms with E-state index in [1.165, 1.54) is 0 Å². The van der Waals surface area contributed by atoms with Gasteiger partial charge < -0.3 is 4.74 Å². The number of rotatable bonds is 6. The van der Waals surface area contributed by atoms with Crippen molar-refractivity contribution in [3.63, 3.8) is 0 Å². The van der Waals surface area contributed by atoms with Crippen molar-refractivity contribution in [3.05, 3.63) is 24.3 Å². The molecule has 0 spiro atoms. The first-order valence-corrected chi connectivity index (χ1v) is 7.73. The van der Waals surface area contributed by atoms with Crippen molar-refractivity contribution in [2.75, 3.05) is 7.11 Å². The lowest BCUT2D eigenvalue weighted by Gasteiger charge is -2.25. The van der Waals surface area contributed by atoms with Crippen LogP contribution in [0.3, 0.4) is 0 Å². The molecule has 4 nitrogen and oxygen atoms in total. The molecule has 0 bridgehead atoms. The number of hydrogen-bond donors (Lipinski definition) is 1. The van der Waals surface area contributed by atoms with E-state index in [2.05, 4.69) is 5.48 Å². The molecule has 5 heteroatoms. The highest BCUT2D eigenvalue weighted by atomic mass is 32.2. The normalized spacial score (nSPS) is 12.1. The molecule has 21 heavy (non-hydrogen) atoms. The molecule has 1 rings (SSSR count). The van der Waals surface area contributed by atoms with Crippen LogP contribution in [0.25, 0.3) is 0 Å². The third kappa shape index (κ3) is 7.39. The summed E-state index contributed by atoms with van der Waals surface area (Å²) in [6, 6.07) is 7.83. The smallest absolute Gasteiger partial charge is 0.244 e. The quantitative estimate of drug-likeness (QED) is 0.641. The third-order valence-electron chi connectivity index (χ3n) is 2.51. The van der Waals surface area contributed by atoms with Crippen LogP contribution < -0.4 is 10.2 Å². The van der Waals surface area contributed by atoms with Crippen LogP contribution in [0.5, 0.6) is 5.75 Å². The highest BCUT2D eigenvalue weighted by Gasteiger charge is 2.24. The molecule has 0 aromatic heterocycles. The molecular formula is C16H25NO3S. The lowest BCUT2D eigenvalue weighted by molar-refractivity contribution is -0.146. The van der Waals surface area contributed by atoms with Gasteiger partial charge in [0.25, 0.3) is 0 Å². The fraction of sp³-hybridized carbons (Fsp3) is 0.562. The second-order valence-corrected chi connectivity index (χ2v) is 8.23. The van der Waals surface area contributed by atoms with E-state index in [0.717, 1.165) is 10.6 Å². The Bertz CT molecular complexity index is 463. The molecule has 1 aromatic rings. The summed E-state index contributed by atoms with van der Waals surface area (Å²) < 4.78 is 4.92. The van der Waals surface area contributed by atoms with E-state index in [4.69, 9.17) is 9.57 Å². The fourth-order valence-electron chi connectivity index (χ4n) is 1.63. The Hall–Kier alpha value is -1.20. The van der Waals surface area contributed by atoms with Gasteiger partial charge >= 0.3 is 0 Å². The van der Waals surface area contributed by atoms with E-state index in [0.29, 0.717) is 6.42 Å². The zero-order valence-electron chi connectivity index (χ0n) is 13.6. The van der Waals surface area contributed by atoms with Crippen LogP contribution in [0.4, 0.5) is 0 Å². The Kier molecular flexibility index (Phi) is 6.10. The van der Waals surface area contributed by atoms with E-state index in [1.54, 1.807) is 18.9 Å². The molecule has 0 saturated heterocycles. The van der Waals surface area contributed by atoms with Gasteiger partial charge in [0.15, 0.2) is 0 Å². The average molecular weight is 311 g/mol. The molecule has 0 radical (unpaired) electrons. The van der Waals surface area contributed by atoms with Gasteiger partial charge in [-0.05, 0) is 58.9 Å². The van der Waals surface area contributed by atoms with E-state index in [9.17, 15) is 4.79 Å². The molecule has 118 valence electrons. The molecule has 0 unspecified atom stereocenters. The summed E-state index contributed by atoms with van der Waals surface area (Å²) in [6.07, 6.45) is 0.375. The number of thioether (sulfide) groups is 1. The number of methoxy groups -OCH3 is 1. The van der Waals surface area contributed by atoms with Crippen molar-refractivity contribution < 1.29 is 14.4 Å². The summed E-state index contributed by atoms with van der Waals surface area (Å²) in [6.45, 7) is 9.76. The Morgan fingerprint density at radius 2 is 1.71 bits per heavy atom. The van der Waals surface area contributed by atoms with Crippen molar-refractivity contribution in [2.45, 2.75) is 56.3 Å². The van der Waals surface area contributed by atoms with Crippen LogP contribution in [-0.2, 0) is 9.63 Å². The zero-order chi connectivity index (χ0) is 16.1. The van der Waals surface area contributed by atoms with Crippen LogP contribution in [0.15, 0.2) is 29.2 Å². The van der Waals surface area contributed by atoms with Crippen LogP contribution in [-0.4, -0.2) is 23.4 Å². The van der Waals surface area contributed by atoms with E-state index in [-0.39, 0.29) is 16.3 Å². The van der Waals surface area contributed by atoms with Crippen molar-refractivity contribution in [1.29, 1.82) is 0 Å². The summed E-state index contributed by atoms with van der Waals surface area (Å²) in [5.74, 6) is 0.712. The van der Waals surface area contributed by atoms with Crippen molar-refractivity contribution >= 4 is 17.7 Å². The van der Waals surface area contributed by atoms with Gasteiger partial charge in [0, 0.05) is 16.1 Å². The lowest BCUT2D eigenvalue weighted by Crippen LogP contribution is -2.36. The summed E-state index contributed by atoms with van der Waals surface area (Å²) in [7, 11) is 1.64. The molecule has 0 aliphatic carbocycles. The van der Waals surface area contributed by atoms with Crippen LogP contribution in [0.1, 0.15) is 41.0 Å². The number of nitrogens with one attached hydrogen (secondary N) is 1. The van der Waals surface area contributed by atoms with E-state index < -0.39 is 0 Å². The molecule has 0 fully saturated rings. The van der Waals surface area contributed by atoms with E-state index >= 15 is 0 Å².